The van der Waals surface area contributed by atoms with Gasteiger partial charge in [-0.25, -0.2) is 0 Å². The molecule has 0 rings (SSSR count). The van der Waals surface area contributed by atoms with Gasteiger partial charge in [0.2, 0.25) is 0 Å². The van der Waals surface area contributed by atoms with E-state index in [4.69, 9.17) is 10.0 Å². The first-order chi connectivity index (χ1) is 2.77. The number of nitrogens with two attached hydrogens (primary N) is 1. The predicted molar refractivity (Wildman–Crippen MR) is 25.4 cm³/mol. The lowest BCUT2D eigenvalue weighted by Crippen LogP contribution is -2.21. The fourth-order valence-electron chi connectivity index (χ4n) is 0.0861. The molecule has 0 aromatic carbocycles. The molecule has 6 heteroatoms. The molecular formula is CH9BN2O3. The van der Waals surface area contributed by atoms with Crippen LogP contribution >= 0.6 is 0 Å². The molecule has 0 unspecified atom stereocenters. The van der Waals surface area contributed by atoms with E-state index in [1.165, 1.54) is 0 Å². The summed E-state index contributed by atoms with van der Waals surface area (Å²) in [5.74, 6) is 0. The molecule has 7 heavy (non-hydrogen) atoms. The van der Waals surface area contributed by atoms with Gasteiger partial charge in [-0.1, -0.05) is 0 Å². The fraction of sp³-hybridized carbons (Fsp3) is 1.00. The molecule has 0 aliphatic rings. The van der Waals surface area contributed by atoms with Crippen LogP contribution in [-0.4, -0.2) is 24.1 Å². The van der Waals surface area contributed by atoms with E-state index >= 15 is 0 Å². The molecule has 44 valence electrons. The summed E-state index contributed by atoms with van der Waals surface area (Å²) in [7, 11) is -1.73. The molecule has 0 heterocycles. The first-order valence-electron chi connectivity index (χ1n) is 1.45. The van der Waals surface area contributed by atoms with Crippen molar-refractivity contribution in [3.05, 3.63) is 0 Å². The maximum Gasteiger partial charge on any atom is 0.634 e. The minimum atomic E-state index is -1.73. The smallest absolute Gasteiger partial charge is 0.402 e. The van der Waals surface area contributed by atoms with Crippen molar-refractivity contribution >= 4 is 7.32 Å². The van der Waals surface area contributed by atoms with Crippen molar-refractivity contribution in [3.63, 3.8) is 0 Å². The lowest BCUT2D eigenvalue weighted by molar-refractivity contribution is 0.191. The van der Waals surface area contributed by atoms with Crippen molar-refractivity contribution in [3.8, 4) is 0 Å². The lowest BCUT2D eigenvalue weighted by Gasteiger charge is -1.91. The Labute approximate surface area is 41.8 Å². The van der Waals surface area contributed by atoms with Gasteiger partial charge in [-0.2, -0.15) is 0 Å². The molecular weight excluding hydrogens is 98.8 g/mol. The van der Waals surface area contributed by atoms with E-state index in [0.29, 0.717) is 0 Å². The van der Waals surface area contributed by atoms with Crippen LogP contribution in [0.4, 0.5) is 0 Å². The maximum atomic E-state index is 7.81. The van der Waals surface area contributed by atoms with Crippen LogP contribution in [0.5, 0.6) is 0 Å². The molecule has 0 amide bonds. The van der Waals surface area contributed by atoms with Crippen molar-refractivity contribution in [1.29, 1.82) is 0 Å². The van der Waals surface area contributed by atoms with Crippen LogP contribution in [0, 0.1) is 0 Å². The van der Waals surface area contributed by atoms with E-state index in [2.05, 4.69) is 10.4 Å². The molecule has 0 aliphatic carbocycles. The van der Waals surface area contributed by atoms with E-state index in [9.17, 15) is 0 Å². The maximum absolute atomic E-state index is 7.81. The van der Waals surface area contributed by atoms with Gasteiger partial charge in [0.05, 0.1) is 6.73 Å². The van der Waals surface area contributed by atoms with E-state index in [1.54, 1.807) is 0 Å². The third kappa shape index (κ3) is 10.7. The van der Waals surface area contributed by atoms with Gasteiger partial charge in [0.1, 0.15) is 0 Å². The quantitative estimate of drug-likeness (QED) is 0.242. The molecule has 5 nitrogen and oxygen atoms in total. The summed E-state index contributed by atoms with van der Waals surface area (Å²) >= 11 is 0. The summed E-state index contributed by atoms with van der Waals surface area (Å²) in [6, 6.07) is 0. The summed E-state index contributed by atoms with van der Waals surface area (Å²) in [5, 5.41) is 15.6. The second kappa shape index (κ2) is 5.86. The van der Waals surface area contributed by atoms with Crippen molar-refractivity contribution in [2.75, 3.05) is 6.73 Å². The Morgan fingerprint density at radius 1 is 1.57 bits per heavy atom. The molecule has 7 N–H and O–H groups in total. The Morgan fingerprint density at radius 2 is 2.00 bits per heavy atom. The number of rotatable bonds is 2. The van der Waals surface area contributed by atoms with Crippen LogP contribution < -0.4 is 11.9 Å². The topological polar surface area (TPSA) is 111 Å². The summed E-state index contributed by atoms with van der Waals surface area (Å²) in [6.07, 6.45) is 0. The van der Waals surface area contributed by atoms with E-state index in [0.717, 1.165) is 0 Å². The number of hydrogen-bond acceptors (Lipinski definition) is 5. The Hall–Kier alpha value is -0.135. The minimum Gasteiger partial charge on any atom is -0.402 e. The Bertz CT molecular complexity index is 34.1. The van der Waals surface area contributed by atoms with Gasteiger partial charge in [-0.05, 0) is 0 Å². The van der Waals surface area contributed by atoms with Gasteiger partial charge in [-0.3, -0.25) is 0 Å². The van der Waals surface area contributed by atoms with Gasteiger partial charge in [0, 0.05) is 0 Å². The highest BCUT2D eigenvalue weighted by atomic mass is 16.6. The van der Waals surface area contributed by atoms with Crippen molar-refractivity contribution in [2.24, 2.45) is 5.73 Å². The first kappa shape index (κ1) is 9.98. The van der Waals surface area contributed by atoms with Crippen molar-refractivity contribution in [1.82, 2.24) is 6.15 Å². The third-order valence-corrected chi connectivity index (χ3v) is 0.245. The summed E-state index contributed by atoms with van der Waals surface area (Å²) < 4.78 is 3.93. The Morgan fingerprint density at radius 3 is 2.00 bits per heavy atom. The molecule has 0 aromatic rings. The molecule has 0 atom stereocenters. The lowest BCUT2D eigenvalue weighted by atomic mass is 10.3. The summed E-state index contributed by atoms with van der Waals surface area (Å²) in [4.78, 5) is 0. The summed E-state index contributed by atoms with van der Waals surface area (Å²) in [5.41, 5.74) is 4.69. The molecule has 0 spiro atoms. The highest BCUT2D eigenvalue weighted by Crippen LogP contribution is 1.64. The Kier molecular flexibility index (Phi) is 8.36. The fourth-order valence-corrected chi connectivity index (χ4v) is 0.0861. The zero-order valence-corrected chi connectivity index (χ0v) is 3.87. The monoisotopic (exact) mass is 108 g/mol. The van der Waals surface area contributed by atoms with Gasteiger partial charge in [0.15, 0.2) is 0 Å². The van der Waals surface area contributed by atoms with Crippen molar-refractivity contribution < 1.29 is 14.7 Å². The van der Waals surface area contributed by atoms with E-state index < -0.39 is 7.32 Å². The van der Waals surface area contributed by atoms with Crippen LogP contribution in [0.2, 0.25) is 0 Å². The van der Waals surface area contributed by atoms with Crippen LogP contribution in [0.3, 0.4) is 0 Å². The van der Waals surface area contributed by atoms with Crippen molar-refractivity contribution in [2.45, 2.75) is 0 Å². The summed E-state index contributed by atoms with van der Waals surface area (Å²) in [6.45, 7) is -0.169. The van der Waals surface area contributed by atoms with Gasteiger partial charge >= 0.3 is 7.32 Å². The van der Waals surface area contributed by atoms with E-state index in [-0.39, 0.29) is 12.9 Å². The zero-order valence-electron chi connectivity index (χ0n) is 3.87. The average molecular weight is 108 g/mol. The van der Waals surface area contributed by atoms with Crippen LogP contribution in [0.15, 0.2) is 0 Å². The zero-order chi connectivity index (χ0) is 4.99. The molecule has 0 radical (unpaired) electrons. The Balaban J connectivity index is 0. The molecule has 0 aromatic heterocycles. The van der Waals surface area contributed by atoms with E-state index in [1.807, 2.05) is 0 Å². The molecule has 0 saturated heterocycles. The predicted octanol–water partition coefficient (Wildman–Crippen LogP) is -1.95. The second-order valence-electron chi connectivity index (χ2n) is 0.660. The average Bonchev–Trinajstić information content (AvgIpc) is 1.35. The molecule has 0 fully saturated rings. The second-order valence-corrected chi connectivity index (χ2v) is 0.660. The third-order valence-electron chi connectivity index (χ3n) is 0.245. The highest BCUT2D eigenvalue weighted by molar-refractivity contribution is 6.32. The van der Waals surface area contributed by atoms with Crippen LogP contribution in [-0.2, 0) is 4.65 Å². The van der Waals surface area contributed by atoms with Crippen LogP contribution in [0.25, 0.3) is 0 Å². The van der Waals surface area contributed by atoms with Gasteiger partial charge < -0.3 is 26.6 Å². The van der Waals surface area contributed by atoms with Crippen LogP contribution in [0.1, 0.15) is 0 Å². The van der Waals surface area contributed by atoms with Gasteiger partial charge in [0.25, 0.3) is 0 Å². The standard InChI is InChI=1S/CH6BNO3.H3N/c3-1-6-2(4)5;/h4-5H,1,3H2;1H3. The first-order valence-corrected chi connectivity index (χ1v) is 1.45. The number of hydrogen-bond donors (Lipinski definition) is 4. The molecule has 0 saturated carbocycles. The molecule has 0 bridgehead atoms. The minimum absolute atomic E-state index is 0. The van der Waals surface area contributed by atoms with Gasteiger partial charge in [-0.15, -0.1) is 0 Å². The SMILES string of the molecule is N.NCOB(O)O. The molecule has 0 aliphatic heterocycles. The largest absolute Gasteiger partial charge is 0.634 e. The highest BCUT2D eigenvalue weighted by Gasteiger charge is 2.03. The normalized spacial score (nSPS) is 7.29.